The lowest BCUT2D eigenvalue weighted by Gasteiger charge is -2.07. The molecular formula is C27H26N2O2. The molecular weight excluding hydrogens is 384 g/mol. The number of hydrogen-bond donors (Lipinski definition) is 1. The highest BCUT2D eigenvalue weighted by atomic mass is 16.1. The van der Waals surface area contributed by atoms with Crippen LogP contribution in [0.2, 0.25) is 0 Å². The Balaban J connectivity index is 1.19. The normalized spacial score (nSPS) is 12.2. The van der Waals surface area contributed by atoms with Crippen molar-refractivity contribution in [1.82, 2.24) is 0 Å². The molecule has 4 nitrogen and oxygen atoms in total. The van der Waals surface area contributed by atoms with E-state index in [4.69, 9.17) is 0 Å². The topological polar surface area (TPSA) is 58.5 Å². The molecule has 31 heavy (non-hydrogen) atoms. The first-order valence-electron chi connectivity index (χ1n) is 10.7. The fourth-order valence-corrected chi connectivity index (χ4v) is 3.84. The van der Waals surface area contributed by atoms with Gasteiger partial charge < -0.3 is 5.32 Å². The van der Waals surface area contributed by atoms with Gasteiger partial charge in [-0.25, -0.2) is 0 Å². The van der Waals surface area contributed by atoms with E-state index in [2.05, 4.69) is 16.4 Å². The molecule has 1 amide bonds. The summed E-state index contributed by atoms with van der Waals surface area (Å²) in [5, 5.41) is 2.91. The number of carbonyl (C=O) groups excluding carboxylic acids is 2. The van der Waals surface area contributed by atoms with Crippen LogP contribution in [0.1, 0.15) is 36.0 Å². The summed E-state index contributed by atoms with van der Waals surface area (Å²) < 4.78 is 0. The van der Waals surface area contributed by atoms with Gasteiger partial charge in [-0.3, -0.25) is 14.6 Å². The summed E-state index contributed by atoms with van der Waals surface area (Å²) in [7, 11) is 0. The zero-order valence-corrected chi connectivity index (χ0v) is 17.5. The highest BCUT2D eigenvalue weighted by molar-refractivity contribution is 5.94. The third kappa shape index (κ3) is 5.98. The summed E-state index contributed by atoms with van der Waals surface area (Å²) in [5.74, 6) is 0.184. The second-order valence-corrected chi connectivity index (χ2v) is 7.96. The number of benzene rings is 3. The summed E-state index contributed by atoms with van der Waals surface area (Å²) in [4.78, 5) is 29.2. The van der Waals surface area contributed by atoms with Gasteiger partial charge in [-0.2, -0.15) is 0 Å². The second kappa shape index (κ2) is 9.98. The molecule has 0 radical (unpaired) electrons. The summed E-state index contributed by atoms with van der Waals surface area (Å²) in [6.07, 6.45) is 3.93. The van der Waals surface area contributed by atoms with Crippen molar-refractivity contribution < 1.29 is 9.59 Å². The molecule has 0 aliphatic carbocycles. The van der Waals surface area contributed by atoms with Crippen molar-refractivity contribution in [2.45, 2.75) is 38.5 Å². The number of carbonyl (C=O) groups is 2. The molecule has 0 atom stereocenters. The predicted octanol–water partition coefficient (Wildman–Crippen LogP) is 5.48. The van der Waals surface area contributed by atoms with Crippen LogP contribution in [-0.4, -0.2) is 17.4 Å². The van der Waals surface area contributed by atoms with Gasteiger partial charge in [0.05, 0.1) is 12.1 Å². The Bertz CT molecular complexity index is 1090. The molecule has 4 heteroatoms. The first-order chi connectivity index (χ1) is 15.2. The average molecular weight is 411 g/mol. The van der Waals surface area contributed by atoms with E-state index >= 15 is 0 Å². The minimum Gasteiger partial charge on any atom is -0.326 e. The Morgan fingerprint density at radius 1 is 0.806 bits per heavy atom. The molecule has 0 saturated carbocycles. The van der Waals surface area contributed by atoms with Gasteiger partial charge in [0.15, 0.2) is 0 Å². The average Bonchev–Trinajstić information content (AvgIpc) is 3.18. The Morgan fingerprint density at radius 2 is 1.52 bits per heavy atom. The number of Topliss-reactive ketones (excluding diaryl/α,β-unsaturated/α-hetero) is 1. The Kier molecular flexibility index (Phi) is 6.68. The SMILES string of the molecule is O=C(CCCC1=Nc2ccccc2C1)Cc1ccc(NC(=O)Cc2ccccc2)cc1. The van der Waals surface area contributed by atoms with Crippen LogP contribution in [0.25, 0.3) is 0 Å². The number of aliphatic imine (C=N–C) groups is 1. The van der Waals surface area contributed by atoms with E-state index in [1.807, 2.05) is 72.8 Å². The lowest BCUT2D eigenvalue weighted by atomic mass is 10.0. The molecule has 3 aromatic carbocycles. The fraction of sp³-hybridized carbons (Fsp3) is 0.222. The standard InChI is InChI=1S/C27H26N2O2/c30-25(11-6-10-24-19-22-9-4-5-12-26(22)28-24)17-21-13-15-23(16-14-21)29-27(31)18-20-7-2-1-3-8-20/h1-5,7-9,12-16H,6,10-11,17-19H2,(H,29,31). The first kappa shape index (κ1) is 20.7. The smallest absolute Gasteiger partial charge is 0.228 e. The number of amides is 1. The molecule has 0 spiro atoms. The molecule has 156 valence electrons. The lowest BCUT2D eigenvalue weighted by Crippen LogP contribution is -2.14. The van der Waals surface area contributed by atoms with Crippen molar-refractivity contribution >= 4 is 28.8 Å². The van der Waals surface area contributed by atoms with Gasteiger partial charge in [-0.1, -0.05) is 60.7 Å². The zero-order valence-electron chi connectivity index (χ0n) is 17.5. The molecule has 0 aromatic heterocycles. The maximum Gasteiger partial charge on any atom is 0.228 e. The van der Waals surface area contributed by atoms with Crippen LogP contribution in [0, 0.1) is 0 Å². The van der Waals surface area contributed by atoms with E-state index in [1.165, 1.54) is 11.3 Å². The van der Waals surface area contributed by atoms with Crippen LogP contribution < -0.4 is 5.32 Å². The number of rotatable bonds is 9. The molecule has 3 aromatic rings. The van der Waals surface area contributed by atoms with Gasteiger partial charge in [-0.05, 0) is 47.7 Å². The summed E-state index contributed by atoms with van der Waals surface area (Å²) >= 11 is 0. The Hall–Kier alpha value is -3.53. The first-order valence-corrected chi connectivity index (χ1v) is 10.7. The lowest BCUT2D eigenvalue weighted by molar-refractivity contribution is -0.118. The van der Waals surface area contributed by atoms with Crippen LogP contribution in [0.5, 0.6) is 0 Å². The van der Waals surface area contributed by atoms with Gasteiger partial charge in [0.2, 0.25) is 5.91 Å². The number of para-hydroxylation sites is 1. The number of fused-ring (bicyclic) bond motifs is 1. The van der Waals surface area contributed by atoms with E-state index < -0.39 is 0 Å². The van der Waals surface area contributed by atoms with Crippen LogP contribution in [0.15, 0.2) is 83.9 Å². The van der Waals surface area contributed by atoms with Crippen molar-refractivity contribution in [2.75, 3.05) is 5.32 Å². The second-order valence-electron chi connectivity index (χ2n) is 7.96. The Morgan fingerprint density at radius 3 is 2.29 bits per heavy atom. The van der Waals surface area contributed by atoms with Crippen molar-refractivity contribution in [3.05, 3.63) is 95.6 Å². The molecule has 4 rings (SSSR count). The van der Waals surface area contributed by atoms with Gasteiger partial charge in [0, 0.05) is 30.7 Å². The molecule has 0 bridgehead atoms. The third-order valence-corrected chi connectivity index (χ3v) is 5.43. The summed E-state index contributed by atoms with van der Waals surface area (Å²) in [5.41, 5.74) is 6.21. The van der Waals surface area contributed by atoms with Gasteiger partial charge in [0.25, 0.3) is 0 Å². The van der Waals surface area contributed by atoms with Crippen molar-refractivity contribution in [3.63, 3.8) is 0 Å². The van der Waals surface area contributed by atoms with Crippen molar-refractivity contribution in [2.24, 2.45) is 4.99 Å². The van der Waals surface area contributed by atoms with Gasteiger partial charge in [0.1, 0.15) is 5.78 Å². The Labute approximate surface area is 183 Å². The highest BCUT2D eigenvalue weighted by Crippen LogP contribution is 2.27. The monoisotopic (exact) mass is 410 g/mol. The highest BCUT2D eigenvalue weighted by Gasteiger charge is 2.14. The van der Waals surface area contributed by atoms with E-state index in [0.717, 1.165) is 41.8 Å². The fourth-order valence-electron chi connectivity index (χ4n) is 3.84. The van der Waals surface area contributed by atoms with E-state index in [-0.39, 0.29) is 11.7 Å². The van der Waals surface area contributed by atoms with Crippen LogP contribution in [0.4, 0.5) is 11.4 Å². The minimum absolute atomic E-state index is 0.0491. The van der Waals surface area contributed by atoms with E-state index in [1.54, 1.807) is 0 Å². The van der Waals surface area contributed by atoms with Crippen LogP contribution >= 0.6 is 0 Å². The van der Waals surface area contributed by atoms with Crippen LogP contribution in [0.3, 0.4) is 0 Å². The molecule has 0 unspecified atom stereocenters. The third-order valence-electron chi connectivity index (χ3n) is 5.43. The largest absolute Gasteiger partial charge is 0.326 e. The molecule has 1 aliphatic heterocycles. The number of ketones is 1. The summed E-state index contributed by atoms with van der Waals surface area (Å²) in [6.45, 7) is 0. The van der Waals surface area contributed by atoms with Crippen molar-refractivity contribution in [3.8, 4) is 0 Å². The number of anilines is 1. The molecule has 1 heterocycles. The molecule has 0 fully saturated rings. The quantitative estimate of drug-likeness (QED) is 0.508. The zero-order chi connectivity index (χ0) is 21.5. The molecule has 0 saturated heterocycles. The predicted molar refractivity (Wildman–Crippen MR) is 125 cm³/mol. The van der Waals surface area contributed by atoms with Gasteiger partial charge in [-0.15, -0.1) is 0 Å². The number of nitrogens with zero attached hydrogens (tertiary/aromatic N) is 1. The van der Waals surface area contributed by atoms with Crippen molar-refractivity contribution in [1.29, 1.82) is 0 Å². The van der Waals surface area contributed by atoms with E-state index in [0.29, 0.717) is 19.3 Å². The van der Waals surface area contributed by atoms with Crippen LogP contribution in [-0.2, 0) is 28.9 Å². The number of hydrogen-bond acceptors (Lipinski definition) is 3. The van der Waals surface area contributed by atoms with Gasteiger partial charge >= 0.3 is 0 Å². The minimum atomic E-state index is -0.0491. The van der Waals surface area contributed by atoms with E-state index in [9.17, 15) is 9.59 Å². The number of nitrogens with one attached hydrogen (secondary N) is 1. The maximum absolute atomic E-state index is 12.4. The summed E-state index contributed by atoms with van der Waals surface area (Å²) in [6, 6.07) is 25.4. The maximum atomic E-state index is 12.4. The molecule has 1 N–H and O–H groups in total. The molecule has 1 aliphatic rings.